The van der Waals surface area contributed by atoms with Gasteiger partial charge in [-0.3, -0.25) is 4.79 Å². The van der Waals surface area contributed by atoms with Crippen molar-refractivity contribution >= 4 is 29.2 Å². The number of H-pyrrole nitrogens is 1. The van der Waals surface area contributed by atoms with Gasteiger partial charge in [-0.2, -0.15) is 0 Å². The number of aromatic nitrogens is 2. The van der Waals surface area contributed by atoms with Gasteiger partial charge in [0.2, 0.25) is 5.91 Å². The summed E-state index contributed by atoms with van der Waals surface area (Å²) in [4.78, 5) is 13.7. The van der Waals surface area contributed by atoms with Crippen molar-refractivity contribution in [1.82, 2.24) is 9.55 Å². The van der Waals surface area contributed by atoms with Crippen LogP contribution >= 0.6 is 12.2 Å². The smallest absolute Gasteiger partial charge is 0.237 e. The summed E-state index contributed by atoms with van der Waals surface area (Å²) in [6.45, 7) is -0.0533. The van der Waals surface area contributed by atoms with Crippen LogP contribution in [-0.4, -0.2) is 15.5 Å². The SMILES string of the molecule is NC(=O)Cn1c(=S)[nH]c2ccc(F)cc21. The fourth-order valence-electron chi connectivity index (χ4n) is 1.44. The highest BCUT2D eigenvalue weighted by molar-refractivity contribution is 7.71. The summed E-state index contributed by atoms with van der Waals surface area (Å²) >= 11 is 4.99. The van der Waals surface area contributed by atoms with E-state index in [-0.39, 0.29) is 12.4 Å². The van der Waals surface area contributed by atoms with Crippen molar-refractivity contribution in [3.63, 3.8) is 0 Å². The van der Waals surface area contributed by atoms with Crippen molar-refractivity contribution < 1.29 is 9.18 Å². The highest BCUT2D eigenvalue weighted by Gasteiger charge is 2.07. The van der Waals surface area contributed by atoms with Crippen LogP contribution in [0.3, 0.4) is 0 Å². The first-order valence-electron chi connectivity index (χ1n) is 4.24. The number of nitrogens with two attached hydrogens (primary N) is 1. The first-order valence-corrected chi connectivity index (χ1v) is 4.65. The van der Waals surface area contributed by atoms with Crippen LogP contribution in [0.25, 0.3) is 11.0 Å². The van der Waals surface area contributed by atoms with Crippen molar-refractivity contribution in [3.8, 4) is 0 Å². The Morgan fingerprint density at radius 1 is 1.60 bits per heavy atom. The van der Waals surface area contributed by atoms with E-state index in [1.165, 1.54) is 16.7 Å². The van der Waals surface area contributed by atoms with E-state index in [2.05, 4.69) is 4.98 Å². The van der Waals surface area contributed by atoms with E-state index in [0.717, 1.165) is 0 Å². The molecule has 78 valence electrons. The maximum atomic E-state index is 13.0. The quantitative estimate of drug-likeness (QED) is 0.757. The molecule has 0 bridgehead atoms. The number of amides is 1. The number of nitrogens with zero attached hydrogens (tertiary/aromatic N) is 1. The number of carbonyl (C=O) groups is 1. The summed E-state index contributed by atoms with van der Waals surface area (Å²) in [6, 6.07) is 4.20. The fraction of sp³-hybridized carbons (Fsp3) is 0.111. The first-order chi connectivity index (χ1) is 7.08. The molecule has 0 unspecified atom stereocenters. The Bertz CT molecular complexity index is 587. The van der Waals surface area contributed by atoms with E-state index in [9.17, 15) is 9.18 Å². The molecule has 3 N–H and O–H groups in total. The van der Waals surface area contributed by atoms with Crippen LogP contribution in [0.4, 0.5) is 4.39 Å². The Morgan fingerprint density at radius 3 is 3.00 bits per heavy atom. The molecule has 0 atom stereocenters. The monoisotopic (exact) mass is 225 g/mol. The minimum atomic E-state index is -0.517. The molecule has 15 heavy (non-hydrogen) atoms. The normalized spacial score (nSPS) is 10.7. The zero-order valence-electron chi connectivity index (χ0n) is 7.66. The van der Waals surface area contributed by atoms with E-state index >= 15 is 0 Å². The second-order valence-corrected chi connectivity index (χ2v) is 3.53. The van der Waals surface area contributed by atoms with Crippen LogP contribution in [0.2, 0.25) is 0 Å². The molecular formula is C9H8FN3OS. The molecule has 1 aromatic heterocycles. The maximum absolute atomic E-state index is 13.0. The molecule has 0 radical (unpaired) electrons. The zero-order valence-corrected chi connectivity index (χ0v) is 8.47. The lowest BCUT2D eigenvalue weighted by Gasteiger charge is -2.00. The average Bonchev–Trinajstić information content (AvgIpc) is 2.43. The highest BCUT2D eigenvalue weighted by atomic mass is 32.1. The van der Waals surface area contributed by atoms with Gasteiger partial charge in [0.1, 0.15) is 12.4 Å². The predicted molar refractivity (Wildman–Crippen MR) is 56.3 cm³/mol. The number of nitrogens with one attached hydrogen (secondary N) is 1. The molecule has 1 aromatic carbocycles. The predicted octanol–water partition coefficient (Wildman–Crippen LogP) is 1.32. The second kappa shape index (κ2) is 3.47. The number of hydrogen-bond donors (Lipinski definition) is 2. The van der Waals surface area contributed by atoms with Gasteiger partial charge in [-0.25, -0.2) is 4.39 Å². The van der Waals surface area contributed by atoms with E-state index in [0.29, 0.717) is 15.8 Å². The number of benzene rings is 1. The summed E-state index contributed by atoms with van der Waals surface area (Å²) in [6.07, 6.45) is 0. The number of hydrogen-bond acceptors (Lipinski definition) is 2. The maximum Gasteiger partial charge on any atom is 0.237 e. The summed E-state index contributed by atoms with van der Waals surface area (Å²) in [5.74, 6) is -0.897. The third-order valence-corrected chi connectivity index (χ3v) is 2.37. The average molecular weight is 225 g/mol. The summed E-state index contributed by atoms with van der Waals surface area (Å²) in [5, 5.41) is 0. The summed E-state index contributed by atoms with van der Waals surface area (Å²) < 4.78 is 14.8. The number of halogens is 1. The molecule has 0 aliphatic carbocycles. The Kier molecular flexibility index (Phi) is 2.28. The van der Waals surface area contributed by atoms with Crippen LogP contribution in [0.1, 0.15) is 0 Å². The molecule has 0 saturated carbocycles. The standard InChI is InChI=1S/C9H8FN3OS/c10-5-1-2-6-7(3-5)13(4-8(11)14)9(15)12-6/h1-3H,4H2,(H2,11,14)(H,12,15). The van der Waals surface area contributed by atoms with Gasteiger partial charge < -0.3 is 15.3 Å². The first kappa shape index (κ1) is 9.85. The van der Waals surface area contributed by atoms with Crippen LogP contribution < -0.4 is 5.73 Å². The van der Waals surface area contributed by atoms with Gasteiger partial charge in [-0.15, -0.1) is 0 Å². The fourth-order valence-corrected chi connectivity index (χ4v) is 1.71. The van der Waals surface area contributed by atoms with E-state index in [1.54, 1.807) is 6.07 Å². The van der Waals surface area contributed by atoms with E-state index < -0.39 is 5.91 Å². The van der Waals surface area contributed by atoms with Gasteiger partial charge in [0.05, 0.1) is 11.0 Å². The highest BCUT2D eigenvalue weighted by Crippen LogP contribution is 2.15. The molecule has 1 amide bonds. The Balaban J connectivity index is 2.70. The molecule has 6 heteroatoms. The Labute approximate surface area is 89.5 Å². The van der Waals surface area contributed by atoms with Gasteiger partial charge in [0.25, 0.3) is 0 Å². The van der Waals surface area contributed by atoms with E-state index in [4.69, 9.17) is 18.0 Å². The van der Waals surface area contributed by atoms with Crippen LogP contribution in [0.15, 0.2) is 18.2 Å². The lowest BCUT2D eigenvalue weighted by Crippen LogP contribution is -2.18. The van der Waals surface area contributed by atoms with Crippen molar-refractivity contribution in [2.75, 3.05) is 0 Å². The number of fused-ring (bicyclic) bond motifs is 1. The number of aromatic amines is 1. The summed E-state index contributed by atoms with van der Waals surface area (Å²) in [7, 11) is 0. The molecule has 0 aliphatic heterocycles. The number of carbonyl (C=O) groups excluding carboxylic acids is 1. The largest absolute Gasteiger partial charge is 0.368 e. The molecular weight excluding hydrogens is 217 g/mol. The summed E-state index contributed by atoms with van der Waals surface area (Å²) in [5.41, 5.74) is 6.29. The molecule has 4 nitrogen and oxygen atoms in total. The lowest BCUT2D eigenvalue weighted by atomic mass is 10.3. The third kappa shape index (κ3) is 1.75. The van der Waals surface area contributed by atoms with Crippen LogP contribution in [0, 0.1) is 10.6 Å². The molecule has 2 rings (SSSR count). The van der Waals surface area contributed by atoms with Crippen LogP contribution in [-0.2, 0) is 11.3 Å². The zero-order chi connectivity index (χ0) is 11.0. The van der Waals surface area contributed by atoms with Gasteiger partial charge in [0.15, 0.2) is 4.77 Å². The van der Waals surface area contributed by atoms with Gasteiger partial charge in [-0.1, -0.05) is 0 Å². The van der Waals surface area contributed by atoms with Crippen molar-refractivity contribution in [2.24, 2.45) is 5.73 Å². The van der Waals surface area contributed by atoms with Gasteiger partial charge >= 0.3 is 0 Å². The third-order valence-electron chi connectivity index (χ3n) is 2.05. The Morgan fingerprint density at radius 2 is 2.33 bits per heavy atom. The van der Waals surface area contributed by atoms with Crippen molar-refractivity contribution in [1.29, 1.82) is 0 Å². The topological polar surface area (TPSA) is 63.8 Å². The molecule has 0 fully saturated rings. The second-order valence-electron chi connectivity index (χ2n) is 3.14. The minimum Gasteiger partial charge on any atom is -0.368 e. The van der Waals surface area contributed by atoms with Gasteiger partial charge in [0, 0.05) is 0 Å². The molecule has 0 saturated heterocycles. The number of rotatable bonds is 2. The molecule has 2 aromatic rings. The molecule has 1 heterocycles. The van der Waals surface area contributed by atoms with Crippen molar-refractivity contribution in [3.05, 3.63) is 28.8 Å². The van der Waals surface area contributed by atoms with Crippen molar-refractivity contribution in [2.45, 2.75) is 6.54 Å². The Hall–Kier alpha value is -1.69. The lowest BCUT2D eigenvalue weighted by molar-refractivity contribution is -0.118. The molecule has 0 aliphatic rings. The van der Waals surface area contributed by atoms with Crippen LogP contribution in [0.5, 0.6) is 0 Å². The minimum absolute atomic E-state index is 0.0533. The number of imidazole rings is 1. The number of primary amides is 1. The molecule has 0 spiro atoms. The van der Waals surface area contributed by atoms with Gasteiger partial charge in [-0.05, 0) is 30.4 Å². The van der Waals surface area contributed by atoms with E-state index in [1.807, 2.05) is 0 Å².